The third kappa shape index (κ3) is 3.89. The molecule has 0 heterocycles. The van der Waals surface area contributed by atoms with Crippen molar-refractivity contribution < 1.29 is 4.74 Å². The van der Waals surface area contributed by atoms with E-state index in [2.05, 4.69) is 22.9 Å². The first-order valence-electron chi connectivity index (χ1n) is 4.82. The van der Waals surface area contributed by atoms with E-state index in [0.29, 0.717) is 0 Å². The third-order valence-corrected chi connectivity index (χ3v) is 2.75. The Morgan fingerprint density at radius 3 is 2.79 bits per heavy atom. The summed E-state index contributed by atoms with van der Waals surface area (Å²) in [6.45, 7) is 2.95. The van der Waals surface area contributed by atoms with Gasteiger partial charge in [0, 0.05) is 5.02 Å². The molecular formula is C11H14BrClO. The minimum absolute atomic E-state index is 0.720. The molecule has 1 rings (SSSR count). The molecule has 0 aromatic heterocycles. The van der Waals surface area contributed by atoms with Crippen LogP contribution >= 0.6 is 27.5 Å². The fourth-order valence-corrected chi connectivity index (χ4v) is 1.92. The summed E-state index contributed by atoms with van der Waals surface area (Å²) >= 11 is 9.22. The summed E-state index contributed by atoms with van der Waals surface area (Å²) in [6.07, 6.45) is 3.53. The monoisotopic (exact) mass is 276 g/mol. The van der Waals surface area contributed by atoms with Crippen molar-refractivity contribution in [2.75, 3.05) is 6.61 Å². The molecule has 0 amide bonds. The summed E-state index contributed by atoms with van der Waals surface area (Å²) in [5.74, 6) is 0.866. The minimum Gasteiger partial charge on any atom is -0.492 e. The molecule has 0 saturated carbocycles. The molecule has 0 fully saturated rings. The SMILES string of the molecule is CCCCCOc1ccc(Cl)cc1Br. The summed E-state index contributed by atoms with van der Waals surface area (Å²) in [6, 6.07) is 5.57. The second-order valence-electron chi connectivity index (χ2n) is 3.13. The average molecular weight is 278 g/mol. The molecule has 0 bridgehead atoms. The zero-order valence-electron chi connectivity index (χ0n) is 8.22. The predicted molar refractivity (Wildman–Crippen MR) is 64.2 cm³/mol. The highest BCUT2D eigenvalue weighted by Crippen LogP contribution is 2.28. The van der Waals surface area contributed by atoms with Crippen LogP contribution in [0.2, 0.25) is 5.02 Å². The summed E-state index contributed by atoms with van der Waals surface area (Å²) in [5, 5.41) is 0.720. The van der Waals surface area contributed by atoms with E-state index in [1.165, 1.54) is 12.8 Å². The van der Waals surface area contributed by atoms with Gasteiger partial charge in [0.2, 0.25) is 0 Å². The zero-order valence-corrected chi connectivity index (χ0v) is 10.6. The molecule has 0 aliphatic carbocycles. The van der Waals surface area contributed by atoms with Gasteiger partial charge in [-0.25, -0.2) is 0 Å². The van der Waals surface area contributed by atoms with Gasteiger partial charge in [-0.05, 0) is 40.5 Å². The van der Waals surface area contributed by atoms with E-state index >= 15 is 0 Å². The molecule has 14 heavy (non-hydrogen) atoms. The lowest BCUT2D eigenvalue weighted by atomic mass is 10.3. The Balaban J connectivity index is 2.42. The van der Waals surface area contributed by atoms with Gasteiger partial charge in [-0.1, -0.05) is 31.4 Å². The molecule has 0 unspecified atom stereocenters. The quantitative estimate of drug-likeness (QED) is 0.711. The van der Waals surface area contributed by atoms with E-state index in [-0.39, 0.29) is 0 Å². The van der Waals surface area contributed by atoms with Gasteiger partial charge in [-0.2, -0.15) is 0 Å². The fourth-order valence-electron chi connectivity index (χ4n) is 1.13. The van der Waals surface area contributed by atoms with Crippen molar-refractivity contribution in [1.29, 1.82) is 0 Å². The summed E-state index contributed by atoms with van der Waals surface area (Å²) < 4.78 is 6.51. The van der Waals surface area contributed by atoms with Crippen LogP contribution in [-0.2, 0) is 0 Å². The lowest BCUT2D eigenvalue weighted by Gasteiger charge is -2.07. The number of ether oxygens (including phenoxy) is 1. The minimum atomic E-state index is 0.720. The Hall–Kier alpha value is -0.210. The molecule has 0 radical (unpaired) electrons. The summed E-state index contributed by atoms with van der Waals surface area (Å²) in [7, 11) is 0. The van der Waals surface area contributed by atoms with Gasteiger partial charge < -0.3 is 4.74 Å². The molecule has 1 nitrogen and oxygen atoms in total. The lowest BCUT2D eigenvalue weighted by Crippen LogP contribution is -1.97. The van der Waals surface area contributed by atoms with Crippen molar-refractivity contribution in [3.8, 4) is 5.75 Å². The van der Waals surface area contributed by atoms with Gasteiger partial charge in [0.05, 0.1) is 11.1 Å². The Kier molecular flexibility index (Phi) is 5.34. The molecule has 0 atom stereocenters. The predicted octanol–water partition coefficient (Wildman–Crippen LogP) is 4.67. The van der Waals surface area contributed by atoms with Crippen molar-refractivity contribution in [2.24, 2.45) is 0 Å². The van der Waals surface area contributed by atoms with Crippen molar-refractivity contribution in [1.82, 2.24) is 0 Å². The van der Waals surface area contributed by atoms with Crippen molar-refractivity contribution in [3.05, 3.63) is 27.7 Å². The number of hydrogen-bond acceptors (Lipinski definition) is 1. The highest BCUT2D eigenvalue weighted by atomic mass is 79.9. The van der Waals surface area contributed by atoms with Crippen molar-refractivity contribution in [3.63, 3.8) is 0 Å². The number of unbranched alkanes of at least 4 members (excludes halogenated alkanes) is 2. The highest BCUT2D eigenvalue weighted by molar-refractivity contribution is 9.10. The van der Waals surface area contributed by atoms with E-state index in [1.54, 1.807) is 0 Å². The maximum atomic E-state index is 5.82. The summed E-state index contributed by atoms with van der Waals surface area (Å²) in [5.41, 5.74) is 0. The van der Waals surface area contributed by atoms with Crippen LogP contribution in [0.25, 0.3) is 0 Å². The average Bonchev–Trinajstić information content (AvgIpc) is 2.15. The van der Waals surface area contributed by atoms with Gasteiger partial charge >= 0.3 is 0 Å². The van der Waals surface area contributed by atoms with E-state index in [0.717, 1.165) is 28.3 Å². The van der Waals surface area contributed by atoms with E-state index in [1.807, 2.05) is 18.2 Å². The van der Waals surface area contributed by atoms with Crippen molar-refractivity contribution >= 4 is 27.5 Å². The first-order chi connectivity index (χ1) is 6.74. The second kappa shape index (κ2) is 6.31. The van der Waals surface area contributed by atoms with Crippen LogP contribution in [0.3, 0.4) is 0 Å². The smallest absolute Gasteiger partial charge is 0.133 e. The maximum Gasteiger partial charge on any atom is 0.133 e. The van der Waals surface area contributed by atoms with Gasteiger partial charge in [0.15, 0.2) is 0 Å². The van der Waals surface area contributed by atoms with Gasteiger partial charge in [-0.15, -0.1) is 0 Å². The molecule has 0 N–H and O–H groups in total. The molecule has 3 heteroatoms. The Morgan fingerprint density at radius 1 is 1.36 bits per heavy atom. The number of hydrogen-bond donors (Lipinski definition) is 0. The first kappa shape index (κ1) is 11.9. The number of benzene rings is 1. The van der Waals surface area contributed by atoms with Crippen LogP contribution in [-0.4, -0.2) is 6.61 Å². The molecule has 0 saturated heterocycles. The molecular weight excluding hydrogens is 263 g/mol. The summed E-state index contributed by atoms with van der Waals surface area (Å²) in [4.78, 5) is 0. The molecule has 0 aliphatic heterocycles. The van der Waals surface area contributed by atoms with Crippen LogP contribution in [0, 0.1) is 0 Å². The topological polar surface area (TPSA) is 9.23 Å². The molecule has 78 valence electrons. The van der Waals surface area contributed by atoms with E-state index in [9.17, 15) is 0 Å². The van der Waals surface area contributed by atoms with E-state index in [4.69, 9.17) is 16.3 Å². The van der Waals surface area contributed by atoms with Crippen LogP contribution in [0.4, 0.5) is 0 Å². The number of rotatable bonds is 5. The van der Waals surface area contributed by atoms with Crippen LogP contribution in [0.5, 0.6) is 5.75 Å². The Bertz CT molecular complexity index is 289. The highest BCUT2D eigenvalue weighted by Gasteiger charge is 2.00. The van der Waals surface area contributed by atoms with Crippen molar-refractivity contribution in [2.45, 2.75) is 26.2 Å². The lowest BCUT2D eigenvalue weighted by molar-refractivity contribution is 0.304. The number of halogens is 2. The molecule has 1 aromatic carbocycles. The standard InChI is InChI=1S/C11H14BrClO/c1-2-3-4-7-14-11-6-5-9(13)8-10(11)12/h5-6,8H,2-4,7H2,1H3. The van der Waals surface area contributed by atoms with Crippen LogP contribution in [0.1, 0.15) is 26.2 Å². The Morgan fingerprint density at radius 2 is 2.14 bits per heavy atom. The Labute approximate surface area is 98.5 Å². The van der Waals surface area contributed by atoms with Gasteiger partial charge in [-0.3, -0.25) is 0 Å². The fraction of sp³-hybridized carbons (Fsp3) is 0.455. The second-order valence-corrected chi connectivity index (χ2v) is 4.42. The normalized spacial score (nSPS) is 10.2. The zero-order chi connectivity index (χ0) is 10.4. The molecule has 1 aromatic rings. The van der Waals surface area contributed by atoms with Gasteiger partial charge in [0.25, 0.3) is 0 Å². The van der Waals surface area contributed by atoms with Gasteiger partial charge in [0.1, 0.15) is 5.75 Å². The molecule has 0 aliphatic rings. The van der Waals surface area contributed by atoms with Crippen LogP contribution < -0.4 is 4.74 Å². The third-order valence-electron chi connectivity index (χ3n) is 1.90. The maximum absolute atomic E-state index is 5.82. The largest absolute Gasteiger partial charge is 0.492 e. The van der Waals surface area contributed by atoms with Crippen LogP contribution in [0.15, 0.2) is 22.7 Å². The van der Waals surface area contributed by atoms with E-state index < -0.39 is 0 Å². The molecule has 0 spiro atoms. The first-order valence-corrected chi connectivity index (χ1v) is 5.99.